The number of nitrogens with two attached hydrogens (primary N) is 1. The molecule has 0 aliphatic rings. The van der Waals surface area contributed by atoms with Crippen molar-refractivity contribution in [1.29, 1.82) is 0 Å². The van der Waals surface area contributed by atoms with E-state index in [0.717, 1.165) is 24.3 Å². The fourth-order valence-electron chi connectivity index (χ4n) is 2.16. The highest BCUT2D eigenvalue weighted by molar-refractivity contribution is 5.62. The van der Waals surface area contributed by atoms with Gasteiger partial charge in [0.05, 0.1) is 0 Å². The molecule has 0 atom stereocenters. The molecular weight excluding hydrogens is 234 g/mol. The van der Waals surface area contributed by atoms with Crippen molar-refractivity contribution in [3.8, 4) is 0 Å². The summed E-state index contributed by atoms with van der Waals surface area (Å²) in [6, 6.07) is 12.7. The fraction of sp³-hybridized carbons (Fsp3) is 0.312. The van der Waals surface area contributed by atoms with Crippen LogP contribution in [-0.4, -0.2) is 18.6 Å². The second-order valence-electron chi connectivity index (χ2n) is 4.60. The van der Waals surface area contributed by atoms with Gasteiger partial charge in [0.15, 0.2) is 0 Å². The zero-order chi connectivity index (χ0) is 13.7. The molecule has 2 aromatic rings. The van der Waals surface area contributed by atoms with Gasteiger partial charge in [0.25, 0.3) is 0 Å². The van der Waals surface area contributed by atoms with Gasteiger partial charge in [-0.05, 0) is 48.7 Å². The zero-order valence-corrected chi connectivity index (χ0v) is 11.6. The molecule has 0 radical (unpaired) electrons. The summed E-state index contributed by atoms with van der Waals surface area (Å²) in [5, 5.41) is 0. The lowest BCUT2D eigenvalue weighted by molar-refractivity contribution is 0.945. The van der Waals surface area contributed by atoms with Gasteiger partial charge in [0.1, 0.15) is 5.82 Å². The van der Waals surface area contributed by atoms with Crippen molar-refractivity contribution in [2.45, 2.75) is 19.8 Å². The maximum atomic E-state index is 5.66. The third kappa shape index (κ3) is 3.12. The first-order valence-corrected chi connectivity index (χ1v) is 6.73. The number of aryl methyl sites for hydroxylation is 1. The molecule has 1 heterocycles. The van der Waals surface area contributed by atoms with Crippen LogP contribution in [0, 0.1) is 0 Å². The van der Waals surface area contributed by atoms with Gasteiger partial charge in [-0.1, -0.05) is 25.1 Å². The second-order valence-corrected chi connectivity index (χ2v) is 4.60. The number of hydrogen-bond donors (Lipinski definition) is 1. The molecule has 0 amide bonds. The van der Waals surface area contributed by atoms with Crippen LogP contribution in [0.4, 0.5) is 11.5 Å². The number of anilines is 2. The van der Waals surface area contributed by atoms with E-state index in [-0.39, 0.29) is 0 Å². The van der Waals surface area contributed by atoms with Crippen LogP contribution in [0.1, 0.15) is 18.1 Å². The van der Waals surface area contributed by atoms with Crippen molar-refractivity contribution in [2.24, 2.45) is 5.73 Å². The van der Waals surface area contributed by atoms with Crippen LogP contribution >= 0.6 is 0 Å². The van der Waals surface area contributed by atoms with Crippen molar-refractivity contribution < 1.29 is 0 Å². The van der Waals surface area contributed by atoms with E-state index >= 15 is 0 Å². The highest BCUT2D eigenvalue weighted by atomic mass is 15.2. The van der Waals surface area contributed by atoms with E-state index < -0.39 is 0 Å². The zero-order valence-electron chi connectivity index (χ0n) is 11.6. The average Bonchev–Trinajstić information content (AvgIpc) is 2.47. The molecular formula is C16H21N3. The van der Waals surface area contributed by atoms with Crippen molar-refractivity contribution in [1.82, 2.24) is 4.98 Å². The van der Waals surface area contributed by atoms with Gasteiger partial charge in [-0.15, -0.1) is 0 Å². The molecule has 0 spiro atoms. The molecule has 2 rings (SSSR count). The van der Waals surface area contributed by atoms with Crippen LogP contribution in [-0.2, 0) is 12.8 Å². The summed E-state index contributed by atoms with van der Waals surface area (Å²) < 4.78 is 0. The number of hydrogen-bond acceptors (Lipinski definition) is 3. The molecule has 0 saturated heterocycles. The average molecular weight is 255 g/mol. The number of pyridine rings is 1. The van der Waals surface area contributed by atoms with Crippen molar-refractivity contribution in [3.05, 3.63) is 53.7 Å². The van der Waals surface area contributed by atoms with Gasteiger partial charge in [-0.2, -0.15) is 0 Å². The molecule has 0 unspecified atom stereocenters. The molecule has 0 fully saturated rings. The topological polar surface area (TPSA) is 42.2 Å². The maximum Gasteiger partial charge on any atom is 0.135 e. The predicted octanol–water partition coefficient (Wildman–Crippen LogP) is 2.91. The Labute approximate surface area is 115 Å². The van der Waals surface area contributed by atoms with Gasteiger partial charge < -0.3 is 10.6 Å². The molecule has 0 aliphatic carbocycles. The Morgan fingerprint density at radius 3 is 2.53 bits per heavy atom. The van der Waals surface area contributed by atoms with Crippen molar-refractivity contribution in [2.75, 3.05) is 18.5 Å². The lowest BCUT2D eigenvalue weighted by Crippen LogP contribution is -2.15. The Balaban J connectivity index is 2.29. The SMILES string of the molecule is CCc1ccc(N(C)c2ncccc2CCN)cc1. The first kappa shape index (κ1) is 13.6. The Hall–Kier alpha value is -1.87. The number of rotatable bonds is 5. The van der Waals surface area contributed by atoms with E-state index in [1.165, 1.54) is 11.1 Å². The van der Waals surface area contributed by atoms with Gasteiger partial charge in [0, 0.05) is 18.9 Å². The van der Waals surface area contributed by atoms with Crippen molar-refractivity contribution >= 4 is 11.5 Å². The van der Waals surface area contributed by atoms with Crippen molar-refractivity contribution in [3.63, 3.8) is 0 Å². The molecule has 0 saturated carbocycles. The summed E-state index contributed by atoms with van der Waals surface area (Å²) in [5.41, 5.74) is 9.34. The van der Waals surface area contributed by atoms with Crippen LogP contribution in [0.25, 0.3) is 0 Å². The van der Waals surface area contributed by atoms with Gasteiger partial charge in [0.2, 0.25) is 0 Å². The second kappa shape index (κ2) is 6.34. The smallest absolute Gasteiger partial charge is 0.135 e. The lowest BCUT2D eigenvalue weighted by Gasteiger charge is -2.21. The minimum Gasteiger partial charge on any atom is -0.330 e. The van der Waals surface area contributed by atoms with E-state index in [1.807, 2.05) is 19.3 Å². The molecule has 3 heteroatoms. The monoisotopic (exact) mass is 255 g/mol. The Morgan fingerprint density at radius 1 is 1.16 bits per heavy atom. The number of benzene rings is 1. The van der Waals surface area contributed by atoms with Gasteiger partial charge in [-0.3, -0.25) is 0 Å². The third-order valence-electron chi connectivity index (χ3n) is 3.33. The summed E-state index contributed by atoms with van der Waals surface area (Å²) in [4.78, 5) is 6.60. The minimum atomic E-state index is 0.640. The summed E-state index contributed by atoms with van der Waals surface area (Å²) in [6.07, 6.45) is 3.73. The van der Waals surface area contributed by atoms with E-state index in [9.17, 15) is 0 Å². The summed E-state index contributed by atoms with van der Waals surface area (Å²) in [7, 11) is 2.04. The lowest BCUT2D eigenvalue weighted by atomic mass is 10.1. The van der Waals surface area contributed by atoms with Gasteiger partial charge in [-0.25, -0.2) is 4.98 Å². The Morgan fingerprint density at radius 2 is 1.89 bits per heavy atom. The minimum absolute atomic E-state index is 0.640. The quantitative estimate of drug-likeness (QED) is 0.893. The third-order valence-corrected chi connectivity index (χ3v) is 3.33. The van der Waals surface area contributed by atoms with E-state index in [4.69, 9.17) is 5.73 Å². The van der Waals surface area contributed by atoms with E-state index in [2.05, 4.69) is 47.1 Å². The summed E-state index contributed by atoms with van der Waals surface area (Å²) in [6.45, 7) is 2.80. The van der Waals surface area contributed by atoms with Crippen LogP contribution in [0.5, 0.6) is 0 Å². The molecule has 19 heavy (non-hydrogen) atoms. The summed E-state index contributed by atoms with van der Waals surface area (Å²) in [5.74, 6) is 0.984. The standard InChI is InChI=1S/C16H21N3/c1-3-13-6-8-15(9-7-13)19(2)16-14(10-11-17)5-4-12-18-16/h4-9,12H,3,10-11,17H2,1-2H3. The first-order chi connectivity index (χ1) is 9.26. The molecule has 1 aromatic heterocycles. The Kier molecular flexibility index (Phi) is 4.53. The maximum absolute atomic E-state index is 5.66. The normalized spacial score (nSPS) is 10.5. The highest BCUT2D eigenvalue weighted by Gasteiger charge is 2.09. The van der Waals surface area contributed by atoms with Crippen LogP contribution in [0.15, 0.2) is 42.6 Å². The van der Waals surface area contributed by atoms with Gasteiger partial charge >= 0.3 is 0 Å². The van der Waals surface area contributed by atoms with Crippen LogP contribution in [0.3, 0.4) is 0 Å². The number of nitrogens with zero attached hydrogens (tertiary/aromatic N) is 2. The molecule has 3 nitrogen and oxygen atoms in total. The molecule has 0 bridgehead atoms. The highest BCUT2D eigenvalue weighted by Crippen LogP contribution is 2.25. The van der Waals surface area contributed by atoms with E-state index in [0.29, 0.717) is 6.54 Å². The molecule has 100 valence electrons. The fourth-order valence-corrected chi connectivity index (χ4v) is 2.16. The Bertz CT molecular complexity index is 520. The summed E-state index contributed by atoms with van der Waals surface area (Å²) >= 11 is 0. The molecule has 2 N–H and O–H groups in total. The predicted molar refractivity (Wildman–Crippen MR) is 80.9 cm³/mol. The molecule has 1 aromatic carbocycles. The van der Waals surface area contributed by atoms with Crippen LogP contribution in [0.2, 0.25) is 0 Å². The number of aromatic nitrogens is 1. The largest absolute Gasteiger partial charge is 0.330 e. The van der Waals surface area contributed by atoms with Crippen LogP contribution < -0.4 is 10.6 Å². The first-order valence-electron chi connectivity index (χ1n) is 6.73. The van der Waals surface area contributed by atoms with E-state index in [1.54, 1.807) is 0 Å². The molecule has 0 aliphatic heterocycles.